The van der Waals surface area contributed by atoms with Crippen LogP contribution in [0.5, 0.6) is 11.5 Å². The molecule has 0 unspecified atom stereocenters. The SMILES string of the molecule is O=S(=O)(NC[C@@H]1COc2ccccc2O1)c1ccc(N2CCOCC2)nc1. The molecule has 0 spiro atoms. The number of para-hydroxylation sites is 2. The van der Waals surface area contributed by atoms with Gasteiger partial charge < -0.3 is 19.1 Å². The maximum atomic E-state index is 12.5. The fourth-order valence-corrected chi connectivity index (χ4v) is 3.97. The number of aromatic nitrogens is 1. The first-order chi connectivity index (χ1) is 13.1. The fourth-order valence-electron chi connectivity index (χ4n) is 2.96. The first kappa shape index (κ1) is 18.0. The molecule has 1 N–H and O–H groups in total. The Morgan fingerprint density at radius 1 is 1.11 bits per heavy atom. The molecule has 1 aromatic heterocycles. The number of hydrogen-bond donors (Lipinski definition) is 1. The number of nitrogens with zero attached hydrogens (tertiary/aromatic N) is 2. The van der Waals surface area contributed by atoms with Gasteiger partial charge in [-0.1, -0.05) is 12.1 Å². The highest BCUT2D eigenvalue weighted by atomic mass is 32.2. The fraction of sp³-hybridized carbons (Fsp3) is 0.389. The highest BCUT2D eigenvalue weighted by Gasteiger charge is 2.24. The van der Waals surface area contributed by atoms with Crippen LogP contribution in [0.15, 0.2) is 47.5 Å². The van der Waals surface area contributed by atoms with Crippen molar-refractivity contribution in [2.24, 2.45) is 0 Å². The second-order valence-corrected chi connectivity index (χ2v) is 8.07. The standard InChI is InChI=1S/C18H21N3O5S/c22-27(23,15-5-6-18(19-12-15)21-7-9-24-10-8-21)20-11-14-13-25-16-3-1-2-4-17(16)26-14/h1-6,12,14,20H,7-11,13H2/t14-/m1/s1. The molecule has 1 aromatic carbocycles. The normalized spacial score (nSPS) is 19.7. The van der Waals surface area contributed by atoms with Gasteiger partial charge in [-0.3, -0.25) is 0 Å². The first-order valence-electron chi connectivity index (χ1n) is 8.79. The van der Waals surface area contributed by atoms with E-state index in [0.717, 1.165) is 18.9 Å². The number of morpholine rings is 1. The summed E-state index contributed by atoms with van der Waals surface area (Å²) in [6, 6.07) is 10.6. The van der Waals surface area contributed by atoms with Crippen LogP contribution < -0.4 is 19.1 Å². The Balaban J connectivity index is 1.37. The number of sulfonamides is 1. The summed E-state index contributed by atoms with van der Waals surface area (Å²) in [7, 11) is -3.68. The minimum Gasteiger partial charge on any atom is -0.486 e. The van der Waals surface area contributed by atoms with Crippen LogP contribution in [0.2, 0.25) is 0 Å². The van der Waals surface area contributed by atoms with E-state index in [1.807, 2.05) is 18.2 Å². The summed E-state index contributed by atoms with van der Waals surface area (Å²) in [5, 5.41) is 0. The average molecular weight is 391 g/mol. The Morgan fingerprint density at radius 2 is 1.89 bits per heavy atom. The molecule has 8 nitrogen and oxygen atoms in total. The average Bonchev–Trinajstić information content (AvgIpc) is 2.73. The molecule has 2 aliphatic rings. The van der Waals surface area contributed by atoms with Crippen molar-refractivity contribution in [2.75, 3.05) is 44.4 Å². The third-order valence-electron chi connectivity index (χ3n) is 4.43. The highest BCUT2D eigenvalue weighted by molar-refractivity contribution is 7.89. The minimum atomic E-state index is -3.68. The smallest absolute Gasteiger partial charge is 0.242 e. The molecule has 0 bridgehead atoms. The monoisotopic (exact) mass is 391 g/mol. The number of rotatable bonds is 5. The first-order valence-corrected chi connectivity index (χ1v) is 10.3. The molecule has 1 saturated heterocycles. The summed E-state index contributed by atoms with van der Waals surface area (Å²) in [6.45, 7) is 3.19. The van der Waals surface area contributed by atoms with Gasteiger partial charge >= 0.3 is 0 Å². The van der Waals surface area contributed by atoms with Crippen LogP contribution in [0.25, 0.3) is 0 Å². The van der Waals surface area contributed by atoms with E-state index >= 15 is 0 Å². The van der Waals surface area contributed by atoms with Gasteiger partial charge in [0.1, 0.15) is 23.4 Å². The molecular weight excluding hydrogens is 370 g/mol. The lowest BCUT2D eigenvalue weighted by Gasteiger charge is -2.28. The van der Waals surface area contributed by atoms with Crippen molar-refractivity contribution in [2.45, 2.75) is 11.0 Å². The second-order valence-electron chi connectivity index (χ2n) is 6.30. The van der Waals surface area contributed by atoms with Crippen molar-refractivity contribution in [1.82, 2.24) is 9.71 Å². The van der Waals surface area contributed by atoms with E-state index in [-0.39, 0.29) is 18.0 Å². The predicted molar refractivity (Wildman–Crippen MR) is 98.8 cm³/mol. The largest absolute Gasteiger partial charge is 0.486 e. The van der Waals surface area contributed by atoms with Crippen molar-refractivity contribution in [1.29, 1.82) is 0 Å². The molecule has 0 radical (unpaired) electrons. The molecule has 2 aliphatic heterocycles. The summed E-state index contributed by atoms with van der Waals surface area (Å²) in [5.41, 5.74) is 0. The van der Waals surface area contributed by atoms with E-state index in [0.29, 0.717) is 24.7 Å². The molecule has 0 amide bonds. The van der Waals surface area contributed by atoms with Gasteiger partial charge in [-0.2, -0.15) is 0 Å². The van der Waals surface area contributed by atoms with Crippen LogP contribution in [0.1, 0.15) is 0 Å². The second kappa shape index (κ2) is 7.71. The summed E-state index contributed by atoms with van der Waals surface area (Å²) >= 11 is 0. The van der Waals surface area contributed by atoms with Crippen molar-refractivity contribution in [3.05, 3.63) is 42.6 Å². The van der Waals surface area contributed by atoms with Crippen molar-refractivity contribution in [3.8, 4) is 11.5 Å². The number of anilines is 1. The third-order valence-corrected chi connectivity index (χ3v) is 5.84. The van der Waals surface area contributed by atoms with Crippen LogP contribution in [-0.2, 0) is 14.8 Å². The van der Waals surface area contributed by atoms with Gasteiger partial charge in [-0.25, -0.2) is 18.1 Å². The molecule has 2 aromatic rings. The van der Waals surface area contributed by atoms with E-state index in [9.17, 15) is 8.42 Å². The van der Waals surface area contributed by atoms with Gasteiger partial charge in [-0.05, 0) is 24.3 Å². The maximum Gasteiger partial charge on any atom is 0.242 e. The zero-order valence-electron chi connectivity index (χ0n) is 14.7. The Hall–Kier alpha value is -2.36. The molecule has 1 fully saturated rings. The summed E-state index contributed by atoms with van der Waals surface area (Å²) in [6.07, 6.45) is 0.982. The van der Waals surface area contributed by atoms with Crippen LogP contribution in [0, 0.1) is 0 Å². The molecule has 9 heteroatoms. The third kappa shape index (κ3) is 4.15. The van der Waals surface area contributed by atoms with Crippen LogP contribution in [0.3, 0.4) is 0 Å². The quantitative estimate of drug-likeness (QED) is 0.814. The lowest BCUT2D eigenvalue weighted by molar-refractivity contribution is 0.0943. The van der Waals surface area contributed by atoms with Crippen molar-refractivity contribution in [3.63, 3.8) is 0 Å². The summed E-state index contributed by atoms with van der Waals surface area (Å²) in [5.74, 6) is 2.03. The molecule has 3 heterocycles. The van der Waals surface area contributed by atoms with Gasteiger partial charge in [0, 0.05) is 19.3 Å². The molecule has 0 saturated carbocycles. The molecule has 4 rings (SSSR count). The number of nitrogens with one attached hydrogen (secondary N) is 1. The van der Waals surface area contributed by atoms with Gasteiger partial charge in [0.05, 0.1) is 19.8 Å². The van der Waals surface area contributed by atoms with Gasteiger partial charge in [0.25, 0.3) is 0 Å². The number of ether oxygens (including phenoxy) is 3. The van der Waals surface area contributed by atoms with Gasteiger partial charge in [-0.15, -0.1) is 0 Å². The van der Waals surface area contributed by atoms with Gasteiger partial charge in [0.2, 0.25) is 10.0 Å². The zero-order valence-corrected chi connectivity index (χ0v) is 15.5. The Kier molecular flexibility index (Phi) is 5.15. The Morgan fingerprint density at radius 3 is 2.63 bits per heavy atom. The Labute approximate surface area is 158 Å². The maximum absolute atomic E-state index is 12.5. The van der Waals surface area contributed by atoms with Crippen LogP contribution in [-0.4, -0.2) is 59.0 Å². The van der Waals surface area contributed by atoms with E-state index < -0.39 is 16.1 Å². The summed E-state index contributed by atoms with van der Waals surface area (Å²) < 4.78 is 44.3. The topological polar surface area (TPSA) is 90.0 Å². The number of fused-ring (bicyclic) bond motifs is 1. The van der Waals surface area contributed by atoms with Crippen molar-refractivity contribution >= 4 is 15.8 Å². The molecular formula is C18H21N3O5S. The number of pyridine rings is 1. The minimum absolute atomic E-state index is 0.113. The number of hydrogen-bond acceptors (Lipinski definition) is 7. The van der Waals surface area contributed by atoms with E-state index in [1.165, 1.54) is 6.20 Å². The predicted octanol–water partition coefficient (Wildman–Crippen LogP) is 1.04. The highest BCUT2D eigenvalue weighted by Crippen LogP contribution is 2.30. The van der Waals surface area contributed by atoms with Crippen molar-refractivity contribution < 1.29 is 22.6 Å². The van der Waals surface area contributed by atoms with Crippen LogP contribution in [0.4, 0.5) is 5.82 Å². The lowest BCUT2D eigenvalue weighted by Crippen LogP contribution is -2.40. The zero-order chi connectivity index (χ0) is 18.7. The van der Waals surface area contributed by atoms with E-state index in [4.69, 9.17) is 14.2 Å². The van der Waals surface area contributed by atoms with E-state index in [2.05, 4.69) is 14.6 Å². The number of benzene rings is 1. The summed E-state index contributed by atoms with van der Waals surface area (Å²) in [4.78, 5) is 6.48. The molecule has 27 heavy (non-hydrogen) atoms. The lowest BCUT2D eigenvalue weighted by atomic mass is 10.2. The van der Waals surface area contributed by atoms with Crippen LogP contribution >= 0.6 is 0 Å². The molecule has 0 aliphatic carbocycles. The Bertz CT molecular complexity index is 882. The molecule has 1 atom stereocenters. The van der Waals surface area contributed by atoms with E-state index in [1.54, 1.807) is 18.2 Å². The van der Waals surface area contributed by atoms with Gasteiger partial charge in [0.15, 0.2) is 11.5 Å². The molecule has 144 valence electrons.